The largest absolute Gasteiger partial charge is 0.497 e. The Balaban J connectivity index is 1.64. The van der Waals surface area contributed by atoms with Gasteiger partial charge in [0, 0.05) is 18.0 Å². The molecular weight excluding hydrogens is 312 g/mol. The molecule has 4 atom stereocenters. The molecule has 0 amide bonds. The number of aliphatic hydroxyl groups is 1. The first kappa shape index (κ1) is 15.7. The van der Waals surface area contributed by atoms with Gasteiger partial charge in [0.1, 0.15) is 5.75 Å². The molecule has 1 aromatic rings. The highest BCUT2D eigenvalue weighted by molar-refractivity contribution is 5.49. The number of piperidine rings is 1. The number of hydrogen-bond donors (Lipinski definition) is 1. The summed E-state index contributed by atoms with van der Waals surface area (Å²) in [4.78, 5) is 2.54. The van der Waals surface area contributed by atoms with Gasteiger partial charge in [-0.3, -0.25) is 4.90 Å². The summed E-state index contributed by atoms with van der Waals surface area (Å²) in [6.07, 6.45) is 5.91. The van der Waals surface area contributed by atoms with E-state index < -0.39 is 5.60 Å². The Bertz CT molecular complexity index is 753. The Labute approximate surface area is 149 Å². The van der Waals surface area contributed by atoms with Crippen molar-refractivity contribution in [2.24, 2.45) is 11.8 Å². The van der Waals surface area contributed by atoms with Crippen LogP contribution in [0.3, 0.4) is 0 Å². The second-order valence-electron chi connectivity index (χ2n) is 8.67. The van der Waals surface area contributed by atoms with Gasteiger partial charge in [-0.25, -0.2) is 0 Å². The van der Waals surface area contributed by atoms with E-state index in [0.717, 1.165) is 44.0 Å². The van der Waals surface area contributed by atoms with Crippen LogP contribution < -0.4 is 4.74 Å². The minimum Gasteiger partial charge on any atom is -0.497 e. The lowest BCUT2D eigenvalue weighted by atomic mass is 9.56. The van der Waals surface area contributed by atoms with Crippen LogP contribution in [0.1, 0.15) is 43.2 Å². The van der Waals surface area contributed by atoms with Gasteiger partial charge in [0.15, 0.2) is 0 Å². The summed E-state index contributed by atoms with van der Waals surface area (Å²) in [6, 6.07) is 8.98. The fourth-order valence-corrected chi connectivity index (χ4v) is 6.04. The molecule has 25 heavy (non-hydrogen) atoms. The summed E-state index contributed by atoms with van der Waals surface area (Å²) >= 11 is 0. The standard InChI is InChI=1S/C21H26N2O2/c1-25-17-5-4-16-8-19-21(24)11-15(12-22)10-20(21,18(16)9-17)6-7-23(19)13-14-2-3-14/h4-5,9,14-15,19,24H,2-3,6-8,10-11,13H2,1H3/t15-,19-,20-,21-/m1/s1. The van der Waals surface area contributed by atoms with Gasteiger partial charge in [-0.05, 0) is 74.2 Å². The normalized spacial score (nSPS) is 39.4. The van der Waals surface area contributed by atoms with Crippen molar-refractivity contribution in [3.05, 3.63) is 29.3 Å². The first-order valence-electron chi connectivity index (χ1n) is 9.63. The van der Waals surface area contributed by atoms with E-state index in [-0.39, 0.29) is 17.4 Å². The second-order valence-corrected chi connectivity index (χ2v) is 8.67. The molecule has 0 aromatic heterocycles. The van der Waals surface area contributed by atoms with Crippen molar-refractivity contribution in [3.8, 4) is 11.8 Å². The van der Waals surface area contributed by atoms with Gasteiger partial charge in [0.2, 0.25) is 0 Å². The molecule has 1 aliphatic heterocycles. The van der Waals surface area contributed by atoms with E-state index in [1.165, 1.54) is 24.0 Å². The molecule has 3 aliphatic carbocycles. The van der Waals surface area contributed by atoms with Crippen molar-refractivity contribution in [1.29, 1.82) is 5.26 Å². The van der Waals surface area contributed by atoms with Crippen LogP contribution in [-0.4, -0.2) is 41.8 Å². The molecule has 4 heteroatoms. The predicted molar refractivity (Wildman–Crippen MR) is 94.4 cm³/mol. The van der Waals surface area contributed by atoms with Crippen molar-refractivity contribution in [3.63, 3.8) is 0 Å². The lowest BCUT2D eigenvalue weighted by molar-refractivity contribution is -0.131. The Kier molecular flexibility index (Phi) is 3.27. The molecule has 132 valence electrons. The van der Waals surface area contributed by atoms with Gasteiger partial charge >= 0.3 is 0 Å². The van der Waals surface area contributed by atoms with Crippen LogP contribution in [0.2, 0.25) is 0 Å². The van der Waals surface area contributed by atoms with Crippen LogP contribution in [0.15, 0.2) is 18.2 Å². The molecule has 0 radical (unpaired) electrons. The molecule has 5 rings (SSSR count). The zero-order valence-electron chi connectivity index (χ0n) is 14.9. The van der Waals surface area contributed by atoms with E-state index in [4.69, 9.17) is 4.74 Å². The maximum atomic E-state index is 12.0. The van der Waals surface area contributed by atoms with Crippen LogP contribution in [0.25, 0.3) is 0 Å². The smallest absolute Gasteiger partial charge is 0.119 e. The topological polar surface area (TPSA) is 56.5 Å². The molecule has 1 aromatic carbocycles. The summed E-state index contributed by atoms with van der Waals surface area (Å²) in [5.74, 6) is 1.63. The summed E-state index contributed by atoms with van der Waals surface area (Å²) in [5, 5.41) is 21.6. The van der Waals surface area contributed by atoms with E-state index in [9.17, 15) is 10.4 Å². The molecule has 3 fully saturated rings. The molecule has 4 nitrogen and oxygen atoms in total. The summed E-state index contributed by atoms with van der Waals surface area (Å²) in [6.45, 7) is 2.16. The van der Waals surface area contributed by atoms with E-state index in [2.05, 4.69) is 23.1 Å². The zero-order chi connectivity index (χ0) is 17.2. The Morgan fingerprint density at radius 1 is 1.36 bits per heavy atom. The van der Waals surface area contributed by atoms with Crippen LogP contribution in [-0.2, 0) is 11.8 Å². The third kappa shape index (κ3) is 2.06. The number of fused-ring (bicyclic) bond motifs is 1. The summed E-state index contributed by atoms with van der Waals surface area (Å²) < 4.78 is 5.47. The van der Waals surface area contributed by atoms with Gasteiger partial charge in [0.25, 0.3) is 0 Å². The zero-order valence-corrected chi connectivity index (χ0v) is 14.9. The van der Waals surface area contributed by atoms with Crippen LogP contribution in [0.4, 0.5) is 0 Å². The molecule has 0 spiro atoms. The summed E-state index contributed by atoms with van der Waals surface area (Å²) in [7, 11) is 1.70. The average Bonchev–Trinajstić information content (AvgIpc) is 3.37. The van der Waals surface area contributed by atoms with E-state index in [1.807, 2.05) is 6.07 Å². The maximum Gasteiger partial charge on any atom is 0.119 e. The van der Waals surface area contributed by atoms with Crippen molar-refractivity contribution in [1.82, 2.24) is 4.90 Å². The van der Waals surface area contributed by atoms with E-state index in [1.54, 1.807) is 7.11 Å². The SMILES string of the molecule is COc1ccc2c(c1)[C@]13CCN(CC4CC4)[C@H](C2)[C@]1(O)C[C@H](C#N)C3. The van der Waals surface area contributed by atoms with Gasteiger partial charge in [-0.15, -0.1) is 0 Å². The lowest BCUT2D eigenvalue weighted by Crippen LogP contribution is -2.69. The number of hydrogen-bond acceptors (Lipinski definition) is 4. The van der Waals surface area contributed by atoms with Gasteiger partial charge in [0.05, 0.1) is 24.7 Å². The van der Waals surface area contributed by atoms with Gasteiger partial charge in [-0.1, -0.05) is 6.07 Å². The molecule has 0 unspecified atom stereocenters. The lowest BCUT2D eigenvalue weighted by Gasteiger charge is -2.59. The maximum absolute atomic E-state index is 12.0. The monoisotopic (exact) mass is 338 g/mol. The number of rotatable bonds is 3. The third-order valence-corrected chi connectivity index (χ3v) is 7.42. The molecule has 1 saturated heterocycles. The Hall–Kier alpha value is -1.57. The minimum atomic E-state index is -0.778. The third-order valence-electron chi connectivity index (χ3n) is 7.42. The highest BCUT2D eigenvalue weighted by Crippen LogP contribution is 2.61. The molecule has 2 saturated carbocycles. The number of benzene rings is 1. The number of ether oxygens (including phenoxy) is 1. The van der Waals surface area contributed by atoms with Crippen LogP contribution in [0.5, 0.6) is 5.75 Å². The van der Waals surface area contributed by atoms with Crippen molar-refractivity contribution < 1.29 is 9.84 Å². The number of likely N-dealkylation sites (tertiary alicyclic amines) is 1. The Morgan fingerprint density at radius 2 is 2.20 bits per heavy atom. The van der Waals surface area contributed by atoms with Gasteiger partial charge < -0.3 is 9.84 Å². The van der Waals surface area contributed by atoms with Gasteiger partial charge in [-0.2, -0.15) is 5.26 Å². The highest BCUT2D eigenvalue weighted by Gasteiger charge is 2.67. The van der Waals surface area contributed by atoms with Crippen LogP contribution in [0, 0.1) is 23.2 Å². The molecular formula is C21H26N2O2. The van der Waals surface area contributed by atoms with Crippen molar-refractivity contribution >= 4 is 0 Å². The highest BCUT2D eigenvalue weighted by atomic mass is 16.5. The van der Waals surface area contributed by atoms with E-state index in [0.29, 0.717) is 6.42 Å². The minimum absolute atomic E-state index is 0.0504. The fourth-order valence-electron chi connectivity index (χ4n) is 6.04. The molecule has 1 heterocycles. The number of nitrogens with zero attached hydrogens (tertiary/aromatic N) is 2. The number of methoxy groups -OCH3 is 1. The van der Waals surface area contributed by atoms with Crippen LogP contribution >= 0.6 is 0 Å². The Morgan fingerprint density at radius 3 is 2.92 bits per heavy atom. The quantitative estimate of drug-likeness (QED) is 0.920. The van der Waals surface area contributed by atoms with E-state index >= 15 is 0 Å². The second kappa shape index (κ2) is 5.22. The van der Waals surface area contributed by atoms with Crippen molar-refractivity contribution in [2.45, 2.75) is 55.6 Å². The van der Waals surface area contributed by atoms with Crippen molar-refractivity contribution in [2.75, 3.05) is 20.2 Å². The number of nitriles is 1. The first-order chi connectivity index (χ1) is 12.1. The summed E-state index contributed by atoms with van der Waals surface area (Å²) in [5.41, 5.74) is 1.53. The predicted octanol–water partition coefficient (Wildman–Crippen LogP) is 2.64. The molecule has 1 N–H and O–H groups in total. The molecule has 4 aliphatic rings. The first-order valence-corrected chi connectivity index (χ1v) is 9.63. The average molecular weight is 338 g/mol. The molecule has 2 bridgehead atoms. The fraction of sp³-hybridized carbons (Fsp3) is 0.667.